The maximum absolute atomic E-state index is 12.6. The molecule has 0 saturated carbocycles. The minimum Gasteiger partial charge on any atom is -0.444 e. The van der Waals surface area contributed by atoms with Crippen LogP contribution >= 0.6 is 11.6 Å². The summed E-state index contributed by atoms with van der Waals surface area (Å²) in [6, 6.07) is 10.0. The lowest BCUT2D eigenvalue weighted by molar-refractivity contribution is 0.0178. The molecule has 1 aliphatic carbocycles. The molecule has 2 heterocycles. The highest BCUT2D eigenvalue weighted by molar-refractivity contribution is 7.85. The topological polar surface area (TPSA) is 85.8 Å². The third kappa shape index (κ3) is 7.12. The molecule has 1 amide bonds. The molecule has 1 aromatic carbocycles. The number of rotatable bonds is 6. The number of aromatic nitrogens is 1. The summed E-state index contributed by atoms with van der Waals surface area (Å²) in [5.74, 6) is 0.332. The Balaban J connectivity index is 1.62. The van der Waals surface area contributed by atoms with E-state index in [0.717, 1.165) is 41.5 Å². The lowest BCUT2D eigenvalue weighted by Gasteiger charge is -2.37. The van der Waals surface area contributed by atoms with Crippen molar-refractivity contribution in [2.75, 3.05) is 26.0 Å². The van der Waals surface area contributed by atoms with E-state index in [4.69, 9.17) is 25.5 Å². The number of hydrogen-bond donors (Lipinski definition) is 0. The van der Waals surface area contributed by atoms with Crippen molar-refractivity contribution < 1.29 is 22.1 Å². The highest BCUT2D eigenvalue weighted by Gasteiger charge is 2.36. The molecule has 1 atom stereocenters. The van der Waals surface area contributed by atoms with Gasteiger partial charge in [-0.15, -0.1) is 0 Å². The molecule has 200 valence electrons. The standard InChI is InChI=1S/C28H35ClN2O5S/c1-28(2,3)36-27(32)31-14-11-19(12-15-31)25-23-10-9-22(29)18-21(23)17-20(7-6-16-35-37(4,33)34)24-8-5-13-30-26(24)25/h5,8-10,13,17-19,25H,6-7,11-12,14-16H2,1-4H3. The van der Waals surface area contributed by atoms with Crippen LogP contribution in [0, 0.1) is 5.92 Å². The Morgan fingerprint density at radius 2 is 1.92 bits per heavy atom. The number of hydrogen-bond acceptors (Lipinski definition) is 6. The molecule has 1 fully saturated rings. The summed E-state index contributed by atoms with van der Waals surface area (Å²) in [5.41, 5.74) is 4.84. The fourth-order valence-electron chi connectivity index (χ4n) is 5.20. The van der Waals surface area contributed by atoms with Gasteiger partial charge in [-0.3, -0.25) is 9.17 Å². The molecule has 9 heteroatoms. The van der Waals surface area contributed by atoms with Crippen LogP contribution in [0.2, 0.25) is 5.02 Å². The number of amides is 1. The van der Waals surface area contributed by atoms with Crippen molar-refractivity contribution in [1.82, 2.24) is 9.88 Å². The Morgan fingerprint density at radius 1 is 1.19 bits per heavy atom. The number of fused-ring (bicyclic) bond motifs is 2. The average Bonchev–Trinajstić information content (AvgIpc) is 2.94. The molecule has 4 rings (SSSR count). The fourth-order valence-corrected chi connectivity index (χ4v) is 5.80. The van der Waals surface area contributed by atoms with Gasteiger partial charge in [0, 0.05) is 30.2 Å². The first-order valence-electron chi connectivity index (χ1n) is 12.7. The lowest BCUT2D eigenvalue weighted by Crippen LogP contribution is -2.42. The second kappa shape index (κ2) is 11.1. The Morgan fingerprint density at radius 3 is 2.59 bits per heavy atom. The van der Waals surface area contributed by atoms with E-state index in [-0.39, 0.29) is 24.5 Å². The maximum Gasteiger partial charge on any atom is 0.410 e. The van der Waals surface area contributed by atoms with Crippen molar-refractivity contribution in [3.8, 4) is 0 Å². The Kier molecular flexibility index (Phi) is 8.31. The van der Waals surface area contributed by atoms with Gasteiger partial charge in [-0.2, -0.15) is 8.42 Å². The third-order valence-corrected chi connectivity index (χ3v) is 7.57. The molecule has 1 aromatic heterocycles. The molecule has 7 nitrogen and oxygen atoms in total. The first kappa shape index (κ1) is 27.6. The number of allylic oxidation sites excluding steroid dienone is 1. The van der Waals surface area contributed by atoms with Gasteiger partial charge in [0.15, 0.2) is 0 Å². The van der Waals surface area contributed by atoms with Crippen molar-refractivity contribution >= 4 is 39.5 Å². The van der Waals surface area contributed by atoms with E-state index in [9.17, 15) is 13.2 Å². The molecular weight excluding hydrogens is 512 g/mol. The first-order chi connectivity index (χ1) is 17.4. The molecule has 0 radical (unpaired) electrons. The molecule has 0 bridgehead atoms. The van der Waals surface area contributed by atoms with E-state index >= 15 is 0 Å². The molecule has 2 aromatic rings. The second-order valence-corrected chi connectivity index (χ2v) is 12.9. The minimum atomic E-state index is -3.48. The Hall–Kier alpha value is -2.42. The summed E-state index contributed by atoms with van der Waals surface area (Å²) >= 11 is 6.42. The largest absolute Gasteiger partial charge is 0.444 e. The number of benzene rings is 1. The van der Waals surface area contributed by atoms with Gasteiger partial charge in [0.1, 0.15) is 5.60 Å². The molecule has 1 aliphatic heterocycles. The predicted octanol–water partition coefficient (Wildman–Crippen LogP) is 6.12. The summed E-state index contributed by atoms with van der Waals surface area (Å²) in [6.07, 6.45) is 7.64. The zero-order valence-electron chi connectivity index (χ0n) is 21.9. The summed E-state index contributed by atoms with van der Waals surface area (Å²) < 4.78 is 33.3. The number of ether oxygens (including phenoxy) is 1. The van der Waals surface area contributed by atoms with Crippen LogP contribution in [0.25, 0.3) is 11.6 Å². The lowest BCUT2D eigenvalue weighted by atomic mass is 9.76. The number of halogens is 1. The molecule has 2 aliphatic rings. The maximum atomic E-state index is 12.6. The molecule has 0 spiro atoms. The van der Waals surface area contributed by atoms with Gasteiger partial charge < -0.3 is 9.64 Å². The second-order valence-electron chi connectivity index (χ2n) is 10.8. The van der Waals surface area contributed by atoms with Crippen molar-refractivity contribution in [2.45, 2.75) is 58.0 Å². The van der Waals surface area contributed by atoms with Crippen LogP contribution in [0.5, 0.6) is 0 Å². The van der Waals surface area contributed by atoms with Gasteiger partial charge in [0.25, 0.3) is 10.1 Å². The third-order valence-electron chi connectivity index (χ3n) is 6.74. The van der Waals surface area contributed by atoms with Gasteiger partial charge in [-0.25, -0.2) is 4.79 Å². The van der Waals surface area contributed by atoms with E-state index in [0.29, 0.717) is 31.0 Å². The van der Waals surface area contributed by atoms with Crippen LogP contribution in [0.1, 0.15) is 74.8 Å². The van der Waals surface area contributed by atoms with E-state index < -0.39 is 15.7 Å². The predicted molar refractivity (Wildman–Crippen MR) is 146 cm³/mol. The van der Waals surface area contributed by atoms with Crippen LogP contribution in [0.15, 0.2) is 36.5 Å². The van der Waals surface area contributed by atoms with Gasteiger partial charge in [0.2, 0.25) is 0 Å². The van der Waals surface area contributed by atoms with E-state index in [1.54, 1.807) is 4.90 Å². The summed E-state index contributed by atoms with van der Waals surface area (Å²) in [4.78, 5) is 19.3. The van der Waals surface area contributed by atoms with Gasteiger partial charge in [-0.05, 0) is 92.8 Å². The molecule has 37 heavy (non-hydrogen) atoms. The van der Waals surface area contributed by atoms with E-state index in [1.165, 1.54) is 5.56 Å². The monoisotopic (exact) mass is 546 g/mol. The number of piperidine rings is 1. The zero-order chi connectivity index (χ0) is 26.8. The Bertz CT molecular complexity index is 1280. The number of likely N-dealkylation sites (tertiary alicyclic amines) is 1. The normalized spacial score (nSPS) is 18.5. The van der Waals surface area contributed by atoms with Crippen LogP contribution < -0.4 is 0 Å². The van der Waals surface area contributed by atoms with Crippen molar-refractivity contribution in [1.29, 1.82) is 0 Å². The van der Waals surface area contributed by atoms with Crippen molar-refractivity contribution in [3.05, 3.63) is 63.9 Å². The van der Waals surface area contributed by atoms with Crippen LogP contribution in [-0.2, 0) is 19.0 Å². The summed E-state index contributed by atoms with van der Waals surface area (Å²) in [6.45, 7) is 7.03. The quantitative estimate of drug-likeness (QED) is 0.320. The number of nitrogens with zero attached hydrogens (tertiary/aromatic N) is 2. The van der Waals surface area contributed by atoms with Gasteiger partial charge in [-0.1, -0.05) is 29.8 Å². The van der Waals surface area contributed by atoms with E-state index in [2.05, 4.69) is 18.2 Å². The van der Waals surface area contributed by atoms with Gasteiger partial charge in [0.05, 0.1) is 18.6 Å². The SMILES string of the molecule is CC(C)(C)OC(=O)N1CCC(C2c3ccc(Cl)cc3C=C(CCCOS(C)(=O)=O)c3cccnc32)CC1. The summed E-state index contributed by atoms with van der Waals surface area (Å²) in [7, 11) is -3.48. The van der Waals surface area contributed by atoms with E-state index in [1.807, 2.05) is 45.2 Å². The average molecular weight is 547 g/mol. The number of carbonyl (C=O) groups is 1. The zero-order valence-corrected chi connectivity index (χ0v) is 23.4. The Labute approximate surface area is 224 Å². The number of pyridine rings is 1. The fraction of sp³-hybridized carbons (Fsp3) is 0.500. The minimum absolute atomic E-state index is 0.0465. The van der Waals surface area contributed by atoms with Crippen molar-refractivity contribution in [3.63, 3.8) is 0 Å². The van der Waals surface area contributed by atoms with Gasteiger partial charge >= 0.3 is 6.09 Å². The highest BCUT2D eigenvalue weighted by atomic mass is 35.5. The smallest absolute Gasteiger partial charge is 0.410 e. The summed E-state index contributed by atoms with van der Waals surface area (Å²) in [5, 5.41) is 0.659. The van der Waals surface area contributed by atoms with Crippen LogP contribution in [0.3, 0.4) is 0 Å². The first-order valence-corrected chi connectivity index (χ1v) is 14.9. The van der Waals surface area contributed by atoms with Crippen LogP contribution in [-0.4, -0.2) is 55.9 Å². The molecule has 1 unspecified atom stereocenters. The molecule has 1 saturated heterocycles. The van der Waals surface area contributed by atoms with Crippen molar-refractivity contribution in [2.24, 2.45) is 5.92 Å². The molecular formula is C28H35ClN2O5S. The molecule has 0 N–H and O–H groups in total. The number of carbonyl (C=O) groups excluding carboxylic acids is 1. The van der Waals surface area contributed by atoms with Crippen LogP contribution in [0.4, 0.5) is 4.79 Å². The highest BCUT2D eigenvalue weighted by Crippen LogP contribution is 2.45.